The first-order chi connectivity index (χ1) is 27.9. The van der Waals surface area contributed by atoms with Gasteiger partial charge in [0.25, 0.3) is 0 Å². The molecular formula is C46H48N4O5S2. The smallest absolute Gasteiger partial charge is 0.224 e. The number of fused-ring (bicyclic) bond motifs is 1. The highest BCUT2D eigenvalue weighted by molar-refractivity contribution is 8.01. The summed E-state index contributed by atoms with van der Waals surface area (Å²) in [7, 11) is 0. The van der Waals surface area contributed by atoms with Crippen molar-refractivity contribution >= 4 is 56.5 Å². The summed E-state index contributed by atoms with van der Waals surface area (Å²) >= 11 is 3.42. The maximum atomic E-state index is 12.6. The SMILES string of the molecule is Nc1ccccc1NC(=O)CCCCCCC(=O)NCc1cccc(-c2ccc([C@H]3O[C@@H](CSc4nc5ccccc5s4)C[C@@H](c4ccc(CO)cc4)O3)cc2)c1. The van der Waals surface area contributed by atoms with Crippen LogP contribution in [0.1, 0.15) is 79.6 Å². The number of rotatable bonds is 17. The topological polar surface area (TPSA) is 136 Å². The van der Waals surface area contributed by atoms with Gasteiger partial charge in [0.15, 0.2) is 10.6 Å². The molecule has 0 saturated carbocycles. The number of anilines is 2. The molecule has 9 nitrogen and oxygen atoms in total. The summed E-state index contributed by atoms with van der Waals surface area (Å²) in [5, 5.41) is 15.5. The number of nitrogens with zero attached hydrogens (tertiary/aromatic N) is 1. The molecule has 5 aromatic carbocycles. The molecule has 6 aromatic rings. The first kappa shape index (κ1) is 40.2. The van der Waals surface area contributed by atoms with Gasteiger partial charge in [-0.15, -0.1) is 11.3 Å². The number of thiazole rings is 1. The van der Waals surface area contributed by atoms with Crippen LogP contribution in [0, 0.1) is 0 Å². The van der Waals surface area contributed by atoms with Crippen LogP contribution in [0.15, 0.2) is 126 Å². The number of benzene rings is 5. The second-order valence-electron chi connectivity index (χ2n) is 14.3. The number of nitrogens with one attached hydrogen (secondary N) is 2. The third kappa shape index (κ3) is 11.3. The number of para-hydroxylation sites is 3. The summed E-state index contributed by atoms with van der Waals surface area (Å²) in [5.74, 6) is 0.722. The Labute approximate surface area is 342 Å². The van der Waals surface area contributed by atoms with Crippen LogP contribution in [0.25, 0.3) is 21.3 Å². The van der Waals surface area contributed by atoms with Crippen molar-refractivity contribution in [1.29, 1.82) is 0 Å². The lowest BCUT2D eigenvalue weighted by molar-refractivity contribution is -0.245. The molecule has 0 radical (unpaired) electrons. The minimum Gasteiger partial charge on any atom is -0.397 e. The molecule has 2 amide bonds. The van der Waals surface area contributed by atoms with E-state index in [4.69, 9.17) is 20.2 Å². The van der Waals surface area contributed by atoms with Gasteiger partial charge in [-0.1, -0.05) is 116 Å². The standard InChI is InChI=1S/C46H48N4O5S2/c47-38-12-5-6-13-39(38)49-44(53)17-4-2-1-3-16-43(52)48-28-32-10-9-11-36(26-32)33-22-24-35(25-23-33)45-54-37(27-41(55-45)34-20-18-31(29-51)19-21-34)30-56-46-50-40-14-7-8-15-42(40)57-46/h5-15,18-26,37,41,45,51H,1-4,16-17,27-30,47H2,(H,48,52)(H,49,53)/t37-,41+,45+/m1/s1. The van der Waals surface area contributed by atoms with Crippen molar-refractivity contribution in [3.05, 3.63) is 144 Å². The van der Waals surface area contributed by atoms with Gasteiger partial charge in [0.05, 0.1) is 40.4 Å². The van der Waals surface area contributed by atoms with Gasteiger partial charge < -0.3 is 30.9 Å². The van der Waals surface area contributed by atoms with Crippen molar-refractivity contribution in [2.45, 2.75) is 80.9 Å². The van der Waals surface area contributed by atoms with Crippen LogP contribution >= 0.6 is 23.1 Å². The minimum absolute atomic E-state index is 0.00105. The molecule has 0 unspecified atom stereocenters. The largest absolute Gasteiger partial charge is 0.397 e. The number of thioether (sulfide) groups is 1. The molecule has 294 valence electrons. The Balaban J connectivity index is 0.898. The molecule has 11 heteroatoms. The van der Waals surface area contributed by atoms with E-state index in [1.807, 2.05) is 66.7 Å². The third-order valence-electron chi connectivity index (χ3n) is 10.0. The van der Waals surface area contributed by atoms with E-state index in [0.717, 1.165) is 74.7 Å². The van der Waals surface area contributed by atoms with E-state index in [9.17, 15) is 14.7 Å². The summed E-state index contributed by atoms with van der Waals surface area (Å²) in [5.41, 5.74) is 14.1. The first-order valence-corrected chi connectivity index (χ1v) is 21.3. The van der Waals surface area contributed by atoms with Crippen LogP contribution in [-0.4, -0.2) is 33.8 Å². The van der Waals surface area contributed by atoms with E-state index >= 15 is 0 Å². The lowest BCUT2D eigenvalue weighted by Gasteiger charge is -2.36. The van der Waals surface area contributed by atoms with Gasteiger partial charge in [-0.3, -0.25) is 9.59 Å². The maximum absolute atomic E-state index is 12.6. The predicted molar refractivity (Wildman–Crippen MR) is 230 cm³/mol. The molecule has 1 aromatic heterocycles. The molecule has 7 rings (SSSR count). The van der Waals surface area contributed by atoms with Crippen molar-refractivity contribution in [3.8, 4) is 11.1 Å². The fourth-order valence-corrected chi connectivity index (χ4v) is 8.94. The zero-order chi connectivity index (χ0) is 39.4. The fourth-order valence-electron chi connectivity index (χ4n) is 6.83. The average Bonchev–Trinajstić information content (AvgIpc) is 3.68. The van der Waals surface area contributed by atoms with Crippen LogP contribution in [0.5, 0.6) is 0 Å². The van der Waals surface area contributed by atoms with E-state index in [1.165, 1.54) is 4.70 Å². The molecular weight excluding hydrogens is 753 g/mol. The van der Waals surface area contributed by atoms with Crippen LogP contribution in [0.4, 0.5) is 11.4 Å². The Kier molecular flexibility index (Phi) is 14.0. The van der Waals surface area contributed by atoms with Crippen molar-refractivity contribution in [2.75, 3.05) is 16.8 Å². The number of nitrogen functional groups attached to an aromatic ring is 1. The van der Waals surface area contributed by atoms with Gasteiger partial charge in [0.1, 0.15) is 0 Å². The highest BCUT2D eigenvalue weighted by Crippen LogP contribution is 2.40. The number of ether oxygens (including phenoxy) is 2. The van der Waals surface area contributed by atoms with Crippen molar-refractivity contribution in [2.24, 2.45) is 0 Å². The molecule has 3 atom stereocenters. The van der Waals surface area contributed by atoms with Crippen LogP contribution in [-0.2, 0) is 32.2 Å². The molecule has 1 fully saturated rings. The fraction of sp³-hybridized carbons (Fsp3) is 0.283. The molecule has 1 aliphatic rings. The Bertz CT molecular complexity index is 2210. The van der Waals surface area contributed by atoms with E-state index in [0.29, 0.717) is 37.2 Å². The molecule has 0 spiro atoms. The predicted octanol–water partition coefficient (Wildman–Crippen LogP) is 9.97. The quantitative estimate of drug-likeness (QED) is 0.0407. The number of carbonyl (C=O) groups excluding carboxylic acids is 2. The second-order valence-corrected chi connectivity index (χ2v) is 16.6. The molecule has 57 heavy (non-hydrogen) atoms. The van der Waals surface area contributed by atoms with Gasteiger partial charge >= 0.3 is 0 Å². The Morgan fingerprint density at radius 1 is 0.772 bits per heavy atom. The normalized spacial score (nSPS) is 16.7. The highest BCUT2D eigenvalue weighted by Gasteiger charge is 2.32. The third-order valence-corrected chi connectivity index (χ3v) is 12.3. The maximum Gasteiger partial charge on any atom is 0.224 e. The molecule has 2 heterocycles. The lowest BCUT2D eigenvalue weighted by Crippen LogP contribution is -2.31. The van der Waals surface area contributed by atoms with Crippen LogP contribution < -0.4 is 16.4 Å². The summed E-state index contributed by atoms with van der Waals surface area (Å²) in [6.45, 7) is 0.454. The molecule has 0 bridgehead atoms. The Morgan fingerprint density at radius 3 is 2.28 bits per heavy atom. The number of carbonyl (C=O) groups is 2. The zero-order valence-corrected chi connectivity index (χ0v) is 33.4. The molecule has 1 aliphatic heterocycles. The number of aliphatic hydroxyl groups is 1. The summed E-state index contributed by atoms with van der Waals surface area (Å²) in [4.78, 5) is 29.7. The first-order valence-electron chi connectivity index (χ1n) is 19.5. The van der Waals surface area contributed by atoms with Gasteiger partial charge in [0.2, 0.25) is 11.8 Å². The number of hydrogen-bond donors (Lipinski definition) is 4. The molecule has 1 saturated heterocycles. The average molecular weight is 801 g/mol. The zero-order valence-electron chi connectivity index (χ0n) is 31.8. The summed E-state index contributed by atoms with van der Waals surface area (Å²) < 4.78 is 15.4. The van der Waals surface area contributed by atoms with Crippen LogP contribution in [0.3, 0.4) is 0 Å². The van der Waals surface area contributed by atoms with Gasteiger partial charge in [-0.05, 0) is 71.0 Å². The van der Waals surface area contributed by atoms with Gasteiger partial charge in [-0.25, -0.2) is 4.98 Å². The monoisotopic (exact) mass is 800 g/mol. The van der Waals surface area contributed by atoms with E-state index in [-0.39, 0.29) is 30.6 Å². The molecule has 0 aliphatic carbocycles. The number of nitrogens with two attached hydrogens (primary N) is 1. The van der Waals surface area contributed by atoms with E-state index in [2.05, 4.69) is 53.1 Å². The Morgan fingerprint density at radius 2 is 1.51 bits per heavy atom. The minimum atomic E-state index is -0.545. The number of aliphatic hydroxyl groups excluding tert-OH is 1. The van der Waals surface area contributed by atoms with Crippen molar-refractivity contribution < 1.29 is 24.2 Å². The number of amides is 2. The van der Waals surface area contributed by atoms with Gasteiger partial charge in [-0.2, -0.15) is 0 Å². The second kappa shape index (κ2) is 19.9. The highest BCUT2D eigenvalue weighted by atomic mass is 32.2. The van der Waals surface area contributed by atoms with Gasteiger partial charge in [0, 0.05) is 37.1 Å². The van der Waals surface area contributed by atoms with Crippen molar-refractivity contribution in [3.63, 3.8) is 0 Å². The van der Waals surface area contributed by atoms with Crippen LogP contribution in [0.2, 0.25) is 0 Å². The van der Waals surface area contributed by atoms with Crippen molar-refractivity contribution in [1.82, 2.24) is 10.3 Å². The number of hydrogen-bond acceptors (Lipinski definition) is 9. The van der Waals surface area contributed by atoms with E-state index in [1.54, 1.807) is 35.2 Å². The molecule has 5 N–H and O–H groups in total. The summed E-state index contributed by atoms with van der Waals surface area (Å²) in [6.07, 6.45) is 4.13. The number of aromatic nitrogens is 1. The summed E-state index contributed by atoms with van der Waals surface area (Å²) in [6, 6.07) is 39.9. The lowest BCUT2D eigenvalue weighted by atomic mass is 9.99. The Hall–Kier alpha value is -5.04. The van der Waals surface area contributed by atoms with E-state index < -0.39 is 6.29 Å². The number of unbranched alkanes of at least 4 members (excludes halogenated alkanes) is 3.